The topological polar surface area (TPSA) is 41.1 Å². The average molecular weight is 240 g/mol. The first-order chi connectivity index (χ1) is 7.99. The Morgan fingerprint density at radius 2 is 2.12 bits per heavy atom. The summed E-state index contributed by atoms with van der Waals surface area (Å²) < 4.78 is 26.5. The van der Waals surface area contributed by atoms with E-state index in [1.807, 2.05) is 13.8 Å². The fraction of sp³-hybridized carbons (Fsp3) is 0.417. The van der Waals surface area contributed by atoms with Gasteiger partial charge >= 0.3 is 0 Å². The number of hydrogen-bond acceptors (Lipinski definition) is 2. The monoisotopic (exact) mass is 240 g/mol. The van der Waals surface area contributed by atoms with Crippen LogP contribution in [0.1, 0.15) is 25.5 Å². The molecule has 0 fully saturated rings. The summed E-state index contributed by atoms with van der Waals surface area (Å²) in [5, 5.41) is 5.42. The SMILES string of the molecule is CC(C)CNC1C(=O)Nc2c(F)cc(F)cc21. The highest BCUT2D eigenvalue weighted by molar-refractivity contribution is 6.02. The van der Waals surface area contributed by atoms with Crippen molar-refractivity contribution >= 4 is 11.6 Å². The van der Waals surface area contributed by atoms with Crippen LogP contribution in [0.15, 0.2) is 12.1 Å². The van der Waals surface area contributed by atoms with Gasteiger partial charge in [-0.15, -0.1) is 0 Å². The molecule has 0 saturated heterocycles. The van der Waals surface area contributed by atoms with Crippen molar-refractivity contribution in [1.82, 2.24) is 5.32 Å². The summed E-state index contributed by atoms with van der Waals surface area (Å²) in [6.45, 7) is 4.59. The highest BCUT2D eigenvalue weighted by atomic mass is 19.1. The van der Waals surface area contributed by atoms with Crippen LogP contribution in [-0.4, -0.2) is 12.5 Å². The van der Waals surface area contributed by atoms with E-state index in [2.05, 4.69) is 10.6 Å². The number of fused-ring (bicyclic) bond motifs is 1. The van der Waals surface area contributed by atoms with Crippen molar-refractivity contribution in [3.8, 4) is 0 Å². The van der Waals surface area contributed by atoms with Gasteiger partial charge in [-0.25, -0.2) is 8.78 Å². The zero-order valence-corrected chi connectivity index (χ0v) is 9.68. The molecule has 1 aromatic carbocycles. The van der Waals surface area contributed by atoms with Crippen molar-refractivity contribution in [2.75, 3.05) is 11.9 Å². The Bertz CT molecular complexity index is 460. The Morgan fingerprint density at radius 3 is 2.76 bits per heavy atom. The first kappa shape index (κ1) is 12.0. The zero-order valence-electron chi connectivity index (χ0n) is 9.68. The molecule has 1 aliphatic rings. The number of carbonyl (C=O) groups excluding carboxylic acids is 1. The van der Waals surface area contributed by atoms with Gasteiger partial charge in [0.2, 0.25) is 5.91 Å². The lowest BCUT2D eigenvalue weighted by Crippen LogP contribution is -2.30. The molecule has 1 aliphatic heterocycles. The molecular weight excluding hydrogens is 226 g/mol. The minimum Gasteiger partial charge on any atom is -0.322 e. The summed E-state index contributed by atoms with van der Waals surface area (Å²) >= 11 is 0. The number of benzene rings is 1. The van der Waals surface area contributed by atoms with Crippen molar-refractivity contribution < 1.29 is 13.6 Å². The summed E-state index contributed by atoms with van der Waals surface area (Å²) in [5.41, 5.74) is 0.422. The standard InChI is InChI=1S/C12H14F2N2O/c1-6(2)5-15-11-8-3-7(13)4-9(14)10(8)16-12(11)17/h3-4,6,11,15H,5H2,1-2H3,(H,16,17). The van der Waals surface area contributed by atoms with E-state index in [9.17, 15) is 13.6 Å². The maximum atomic E-state index is 13.4. The normalized spacial score (nSPS) is 18.4. The highest BCUT2D eigenvalue weighted by Crippen LogP contribution is 2.33. The van der Waals surface area contributed by atoms with E-state index in [4.69, 9.17) is 0 Å². The molecule has 92 valence electrons. The number of halogens is 2. The molecule has 2 N–H and O–H groups in total. The van der Waals surface area contributed by atoms with Gasteiger partial charge in [0.1, 0.15) is 17.7 Å². The summed E-state index contributed by atoms with van der Waals surface area (Å²) in [7, 11) is 0. The number of amides is 1. The summed E-state index contributed by atoms with van der Waals surface area (Å²) in [5.74, 6) is -1.40. The third-order valence-electron chi connectivity index (χ3n) is 2.64. The zero-order chi connectivity index (χ0) is 12.6. The molecule has 1 unspecified atom stereocenters. The minimum atomic E-state index is -0.734. The Labute approximate surface area is 98.2 Å². The first-order valence-electron chi connectivity index (χ1n) is 5.52. The molecule has 3 nitrogen and oxygen atoms in total. The Hall–Kier alpha value is -1.49. The van der Waals surface area contributed by atoms with Gasteiger partial charge in [0, 0.05) is 11.6 Å². The van der Waals surface area contributed by atoms with Gasteiger partial charge in [-0.05, 0) is 18.5 Å². The van der Waals surface area contributed by atoms with Crippen LogP contribution in [0.5, 0.6) is 0 Å². The summed E-state index contributed by atoms with van der Waals surface area (Å²) in [6, 6.07) is 1.29. The Balaban J connectivity index is 2.30. The minimum absolute atomic E-state index is 0.0812. The molecule has 0 radical (unpaired) electrons. The third-order valence-corrected chi connectivity index (χ3v) is 2.64. The average Bonchev–Trinajstić information content (AvgIpc) is 2.52. The Morgan fingerprint density at radius 1 is 1.41 bits per heavy atom. The second kappa shape index (κ2) is 4.41. The lowest BCUT2D eigenvalue weighted by molar-refractivity contribution is -0.117. The molecule has 5 heteroatoms. The van der Waals surface area contributed by atoms with Crippen LogP contribution < -0.4 is 10.6 Å². The van der Waals surface area contributed by atoms with Gasteiger partial charge in [-0.3, -0.25) is 4.79 Å². The van der Waals surface area contributed by atoms with Crippen LogP contribution in [-0.2, 0) is 4.79 Å². The number of nitrogens with one attached hydrogen (secondary N) is 2. The molecule has 1 amide bonds. The molecule has 17 heavy (non-hydrogen) atoms. The second-order valence-corrected chi connectivity index (χ2v) is 4.58. The molecule has 1 aromatic rings. The van der Waals surface area contributed by atoms with E-state index >= 15 is 0 Å². The van der Waals surface area contributed by atoms with Gasteiger partial charge < -0.3 is 10.6 Å². The number of hydrogen-bond donors (Lipinski definition) is 2. The van der Waals surface area contributed by atoms with Gasteiger partial charge in [-0.1, -0.05) is 13.8 Å². The van der Waals surface area contributed by atoms with Crippen LogP contribution in [0, 0.1) is 17.6 Å². The van der Waals surface area contributed by atoms with Gasteiger partial charge in [0.25, 0.3) is 0 Å². The predicted octanol–water partition coefficient (Wildman–Crippen LogP) is 2.20. The molecule has 0 aliphatic carbocycles. The van der Waals surface area contributed by atoms with Crippen molar-refractivity contribution in [2.45, 2.75) is 19.9 Å². The molecule has 0 spiro atoms. The van der Waals surface area contributed by atoms with Crippen molar-refractivity contribution in [3.63, 3.8) is 0 Å². The smallest absolute Gasteiger partial charge is 0.246 e. The summed E-state index contributed by atoms with van der Waals surface area (Å²) in [4.78, 5) is 11.6. The van der Waals surface area contributed by atoms with E-state index < -0.39 is 17.7 Å². The fourth-order valence-electron chi connectivity index (χ4n) is 1.85. The number of anilines is 1. The van der Waals surface area contributed by atoms with Crippen LogP contribution in [0.3, 0.4) is 0 Å². The van der Waals surface area contributed by atoms with Crippen molar-refractivity contribution in [1.29, 1.82) is 0 Å². The van der Waals surface area contributed by atoms with E-state index in [0.717, 1.165) is 6.07 Å². The predicted molar refractivity (Wildman–Crippen MR) is 60.6 cm³/mol. The van der Waals surface area contributed by atoms with E-state index in [0.29, 0.717) is 18.0 Å². The number of rotatable bonds is 3. The second-order valence-electron chi connectivity index (χ2n) is 4.58. The van der Waals surface area contributed by atoms with E-state index in [1.54, 1.807) is 0 Å². The quantitative estimate of drug-likeness (QED) is 0.850. The maximum absolute atomic E-state index is 13.4. The number of carbonyl (C=O) groups is 1. The maximum Gasteiger partial charge on any atom is 0.246 e. The molecule has 1 heterocycles. The molecule has 0 bridgehead atoms. The molecule has 0 aromatic heterocycles. The van der Waals surface area contributed by atoms with E-state index in [-0.39, 0.29) is 11.6 Å². The lowest BCUT2D eigenvalue weighted by Gasteiger charge is -2.13. The van der Waals surface area contributed by atoms with Crippen LogP contribution in [0.25, 0.3) is 0 Å². The molecule has 0 saturated carbocycles. The molecule has 1 atom stereocenters. The fourth-order valence-corrected chi connectivity index (χ4v) is 1.85. The van der Waals surface area contributed by atoms with Crippen LogP contribution in [0.4, 0.5) is 14.5 Å². The van der Waals surface area contributed by atoms with Crippen molar-refractivity contribution in [2.24, 2.45) is 5.92 Å². The molecule has 2 rings (SSSR count). The summed E-state index contributed by atoms with van der Waals surface area (Å²) in [6.07, 6.45) is 0. The largest absolute Gasteiger partial charge is 0.322 e. The van der Waals surface area contributed by atoms with Gasteiger partial charge in [0.05, 0.1) is 5.69 Å². The molecular formula is C12H14F2N2O. The van der Waals surface area contributed by atoms with E-state index in [1.165, 1.54) is 6.07 Å². The van der Waals surface area contributed by atoms with Crippen LogP contribution >= 0.6 is 0 Å². The van der Waals surface area contributed by atoms with Crippen molar-refractivity contribution in [3.05, 3.63) is 29.3 Å². The van der Waals surface area contributed by atoms with Gasteiger partial charge in [-0.2, -0.15) is 0 Å². The van der Waals surface area contributed by atoms with Gasteiger partial charge in [0.15, 0.2) is 0 Å². The Kier molecular flexibility index (Phi) is 3.11. The third kappa shape index (κ3) is 2.29. The lowest BCUT2D eigenvalue weighted by atomic mass is 10.1. The first-order valence-corrected chi connectivity index (χ1v) is 5.52. The van der Waals surface area contributed by atoms with Crippen LogP contribution in [0.2, 0.25) is 0 Å². The highest BCUT2D eigenvalue weighted by Gasteiger charge is 2.32.